The van der Waals surface area contributed by atoms with Gasteiger partial charge in [0.2, 0.25) is 0 Å². The van der Waals surface area contributed by atoms with E-state index in [2.05, 4.69) is 16.8 Å². The average molecular weight is 452 g/mol. The fourth-order valence-corrected chi connectivity index (χ4v) is 3.63. The van der Waals surface area contributed by atoms with E-state index in [-0.39, 0.29) is 19.8 Å². The lowest BCUT2D eigenvalue weighted by Gasteiger charge is -2.16. The molecule has 7 nitrogen and oxygen atoms in total. The Morgan fingerprint density at radius 2 is 2.03 bits per heavy atom. The standard InChI is InChI=1S/C25H25FN2O5/c1-16(30)25-27-10-11-28(25)19(13-29)7-4-17-2-5-18(6-3-17)21-9-8-20(12-22(21)26)33-24-15-32-14-23(24)31/h2-3,5-6,8-12,16,19,23-24,29-31H,13-15H2,1H3/t16-,19-,23+,24+/m0/s1. The molecule has 0 aliphatic carbocycles. The molecule has 2 heterocycles. The van der Waals surface area contributed by atoms with Gasteiger partial charge in [-0.1, -0.05) is 24.0 Å². The fraction of sp³-hybridized carbons (Fsp3) is 0.320. The van der Waals surface area contributed by atoms with Crippen molar-refractivity contribution < 1.29 is 29.2 Å². The minimum atomic E-state index is -0.779. The highest BCUT2D eigenvalue weighted by Crippen LogP contribution is 2.28. The summed E-state index contributed by atoms with van der Waals surface area (Å²) in [6, 6.07) is 11.1. The zero-order chi connectivity index (χ0) is 23.4. The largest absolute Gasteiger partial charge is 0.485 e. The second-order valence-corrected chi connectivity index (χ2v) is 7.82. The highest BCUT2D eigenvalue weighted by atomic mass is 19.1. The average Bonchev–Trinajstić information content (AvgIpc) is 3.45. The van der Waals surface area contributed by atoms with Crippen LogP contribution in [0.25, 0.3) is 11.1 Å². The second-order valence-electron chi connectivity index (χ2n) is 7.82. The maximum Gasteiger partial charge on any atom is 0.150 e. The van der Waals surface area contributed by atoms with E-state index in [1.54, 1.807) is 60.3 Å². The molecule has 8 heteroatoms. The summed E-state index contributed by atoms with van der Waals surface area (Å²) in [7, 11) is 0. The van der Waals surface area contributed by atoms with Crippen molar-refractivity contribution in [2.24, 2.45) is 0 Å². The predicted molar refractivity (Wildman–Crippen MR) is 119 cm³/mol. The van der Waals surface area contributed by atoms with Crippen molar-refractivity contribution in [1.29, 1.82) is 0 Å². The Morgan fingerprint density at radius 1 is 1.24 bits per heavy atom. The Balaban J connectivity index is 1.48. The first-order chi connectivity index (χ1) is 16.0. The van der Waals surface area contributed by atoms with Gasteiger partial charge in [-0.2, -0.15) is 0 Å². The van der Waals surface area contributed by atoms with Crippen molar-refractivity contribution in [2.75, 3.05) is 19.8 Å². The van der Waals surface area contributed by atoms with Gasteiger partial charge in [0.15, 0.2) is 0 Å². The number of hydrogen-bond donors (Lipinski definition) is 3. The van der Waals surface area contributed by atoms with Gasteiger partial charge >= 0.3 is 0 Å². The normalized spacial score (nSPS) is 19.5. The van der Waals surface area contributed by atoms with Gasteiger partial charge in [-0.25, -0.2) is 9.37 Å². The Kier molecular flexibility index (Phi) is 7.06. The highest BCUT2D eigenvalue weighted by Gasteiger charge is 2.28. The van der Waals surface area contributed by atoms with Crippen LogP contribution in [0, 0.1) is 17.7 Å². The molecule has 1 fully saturated rings. The minimum absolute atomic E-state index is 0.212. The Hall–Kier alpha value is -3.22. The first-order valence-electron chi connectivity index (χ1n) is 10.6. The first-order valence-corrected chi connectivity index (χ1v) is 10.6. The number of nitrogens with zero attached hydrogens (tertiary/aromatic N) is 2. The molecule has 0 amide bonds. The Labute approximate surface area is 191 Å². The van der Waals surface area contributed by atoms with Crippen LogP contribution in [0.15, 0.2) is 54.9 Å². The van der Waals surface area contributed by atoms with Gasteiger partial charge in [0.1, 0.15) is 41.7 Å². The van der Waals surface area contributed by atoms with Crippen LogP contribution in [-0.2, 0) is 4.74 Å². The maximum absolute atomic E-state index is 14.7. The van der Waals surface area contributed by atoms with Gasteiger partial charge in [-0.15, -0.1) is 0 Å². The summed E-state index contributed by atoms with van der Waals surface area (Å²) in [6.07, 6.45) is 1.21. The molecule has 1 aliphatic heterocycles. The number of rotatable bonds is 6. The molecule has 1 aromatic heterocycles. The van der Waals surface area contributed by atoms with Gasteiger partial charge in [0.05, 0.1) is 19.8 Å². The molecule has 4 atom stereocenters. The summed E-state index contributed by atoms with van der Waals surface area (Å²) in [6.45, 7) is 1.85. The number of aromatic nitrogens is 2. The summed E-state index contributed by atoms with van der Waals surface area (Å²) >= 11 is 0. The third-order valence-electron chi connectivity index (χ3n) is 5.39. The van der Waals surface area contributed by atoms with Gasteiger partial charge in [-0.3, -0.25) is 0 Å². The molecule has 3 N–H and O–H groups in total. The van der Waals surface area contributed by atoms with Crippen LogP contribution >= 0.6 is 0 Å². The molecule has 3 aromatic rings. The molecule has 0 unspecified atom stereocenters. The monoisotopic (exact) mass is 452 g/mol. The highest BCUT2D eigenvalue weighted by molar-refractivity contribution is 5.66. The summed E-state index contributed by atoms with van der Waals surface area (Å²) in [5, 5.41) is 29.3. The lowest BCUT2D eigenvalue weighted by molar-refractivity contribution is 0.0731. The fourth-order valence-electron chi connectivity index (χ4n) is 3.63. The zero-order valence-electron chi connectivity index (χ0n) is 18.1. The van der Waals surface area contributed by atoms with E-state index >= 15 is 0 Å². The van der Waals surface area contributed by atoms with E-state index in [0.29, 0.717) is 28.3 Å². The molecular weight excluding hydrogens is 427 g/mol. The lowest BCUT2D eigenvalue weighted by Crippen LogP contribution is -2.29. The van der Waals surface area contributed by atoms with Crippen LogP contribution in [0.3, 0.4) is 0 Å². The molecule has 0 radical (unpaired) electrons. The molecule has 0 saturated carbocycles. The quantitative estimate of drug-likeness (QED) is 0.498. The van der Waals surface area contributed by atoms with Gasteiger partial charge in [-0.05, 0) is 36.8 Å². The molecule has 1 aliphatic rings. The summed E-state index contributed by atoms with van der Waals surface area (Å²) < 4.78 is 27.1. The molecular formula is C25H25FN2O5. The SMILES string of the molecule is C[C@H](O)c1nccn1[C@@H](C#Cc1ccc(-c2ccc(O[C@@H]3COC[C@H]3O)cc2F)cc1)CO. The van der Waals surface area contributed by atoms with E-state index in [9.17, 15) is 19.7 Å². The molecule has 33 heavy (non-hydrogen) atoms. The number of hydrogen-bond acceptors (Lipinski definition) is 6. The van der Waals surface area contributed by atoms with E-state index in [0.717, 1.165) is 0 Å². The minimum Gasteiger partial charge on any atom is -0.485 e. The molecule has 0 bridgehead atoms. The Morgan fingerprint density at radius 3 is 2.67 bits per heavy atom. The number of ether oxygens (including phenoxy) is 2. The van der Waals surface area contributed by atoms with E-state index in [1.165, 1.54) is 6.07 Å². The van der Waals surface area contributed by atoms with Gasteiger partial charge < -0.3 is 29.4 Å². The van der Waals surface area contributed by atoms with E-state index in [4.69, 9.17) is 9.47 Å². The van der Waals surface area contributed by atoms with Crippen LogP contribution < -0.4 is 4.74 Å². The second kappa shape index (κ2) is 10.1. The van der Waals surface area contributed by atoms with Crippen LogP contribution in [0.1, 0.15) is 30.5 Å². The maximum atomic E-state index is 14.7. The van der Waals surface area contributed by atoms with Crippen molar-refractivity contribution >= 4 is 0 Å². The summed E-state index contributed by atoms with van der Waals surface area (Å²) in [5.74, 6) is 6.32. The van der Waals surface area contributed by atoms with Crippen LogP contribution in [0.5, 0.6) is 5.75 Å². The molecule has 4 rings (SSSR count). The topological polar surface area (TPSA) is 97.0 Å². The van der Waals surface area contributed by atoms with Crippen molar-refractivity contribution in [1.82, 2.24) is 9.55 Å². The van der Waals surface area contributed by atoms with Crippen molar-refractivity contribution in [3.05, 3.63) is 72.1 Å². The van der Waals surface area contributed by atoms with Crippen LogP contribution in [-0.4, -0.2) is 56.9 Å². The van der Waals surface area contributed by atoms with Crippen LogP contribution in [0.2, 0.25) is 0 Å². The predicted octanol–water partition coefficient (Wildman–Crippen LogP) is 2.47. The number of imidazole rings is 1. The van der Waals surface area contributed by atoms with Crippen molar-refractivity contribution in [2.45, 2.75) is 31.3 Å². The number of aliphatic hydroxyl groups excluding tert-OH is 3. The van der Waals surface area contributed by atoms with Gasteiger partial charge in [0, 0.05) is 29.6 Å². The van der Waals surface area contributed by atoms with Crippen LogP contribution in [0.4, 0.5) is 4.39 Å². The Bertz CT molecular complexity index is 1150. The number of aliphatic hydroxyl groups is 3. The van der Waals surface area contributed by atoms with Crippen molar-refractivity contribution in [3.63, 3.8) is 0 Å². The molecule has 1 saturated heterocycles. The van der Waals surface area contributed by atoms with Crippen molar-refractivity contribution in [3.8, 4) is 28.7 Å². The third-order valence-corrected chi connectivity index (χ3v) is 5.39. The number of benzene rings is 2. The third kappa shape index (κ3) is 5.24. The first kappa shape index (κ1) is 23.0. The lowest BCUT2D eigenvalue weighted by atomic mass is 10.0. The molecule has 2 aromatic carbocycles. The smallest absolute Gasteiger partial charge is 0.150 e. The van der Waals surface area contributed by atoms with E-state index in [1.807, 2.05) is 0 Å². The zero-order valence-corrected chi connectivity index (χ0v) is 18.1. The summed E-state index contributed by atoms with van der Waals surface area (Å²) in [4.78, 5) is 4.10. The number of halogens is 1. The summed E-state index contributed by atoms with van der Waals surface area (Å²) in [5.41, 5.74) is 1.79. The van der Waals surface area contributed by atoms with Gasteiger partial charge in [0.25, 0.3) is 0 Å². The molecule has 172 valence electrons. The molecule has 0 spiro atoms. The van der Waals surface area contributed by atoms with E-state index < -0.39 is 30.2 Å².